The smallest absolute Gasteiger partial charge is 0.246 e. The van der Waals surface area contributed by atoms with E-state index in [1.165, 1.54) is 6.20 Å². The summed E-state index contributed by atoms with van der Waals surface area (Å²) in [7, 11) is -3.44. The van der Waals surface area contributed by atoms with Crippen molar-refractivity contribution >= 4 is 27.5 Å². The lowest BCUT2D eigenvalue weighted by atomic mass is 10.4. The molecule has 2 heterocycles. The molecule has 1 saturated heterocycles. The number of aromatic nitrogens is 1. The standard InChI is InChI=1S/C12H19N3O2S2/c1-2-14-11-4-5-13-10-12(11)19(16,17)15-6-3-8-18-9-7-15/h4-5,10H,2-3,6-9H2,1H3,(H,13,14). The van der Waals surface area contributed by atoms with Crippen LogP contribution in [0.2, 0.25) is 0 Å². The minimum atomic E-state index is -3.44. The van der Waals surface area contributed by atoms with Gasteiger partial charge >= 0.3 is 0 Å². The maximum atomic E-state index is 12.7. The summed E-state index contributed by atoms with van der Waals surface area (Å²) in [6, 6.07) is 1.71. The Kier molecular flexibility index (Phi) is 5.06. The van der Waals surface area contributed by atoms with Gasteiger partial charge in [0, 0.05) is 37.8 Å². The molecule has 7 heteroatoms. The summed E-state index contributed by atoms with van der Waals surface area (Å²) in [4.78, 5) is 4.24. The number of nitrogens with one attached hydrogen (secondary N) is 1. The van der Waals surface area contributed by atoms with Crippen molar-refractivity contribution in [3.8, 4) is 0 Å². The number of hydrogen-bond acceptors (Lipinski definition) is 5. The molecule has 1 aliphatic rings. The van der Waals surface area contributed by atoms with Gasteiger partial charge in [0.1, 0.15) is 4.90 Å². The van der Waals surface area contributed by atoms with Crippen LogP contribution in [0.1, 0.15) is 13.3 Å². The molecule has 1 aliphatic heterocycles. The van der Waals surface area contributed by atoms with Gasteiger partial charge in [0.05, 0.1) is 5.69 Å². The molecule has 0 amide bonds. The van der Waals surface area contributed by atoms with E-state index < -0.39 is 10.0 Å². The van der Waals surface area contributed by atoms with Crippen molar-refractivity contribution in [3.05, 3.63) is 18.5 Å². The minimum Gasteiger partial charge on any atom is -0.384 e. The summed E-state index contributed by atoms with van der Waals surface area (Å²) < 4.78 is 26.9. The predicted octanol–water partition coefficient (Wildman–Crippen LogP) is 1.64. The topological polar surface area (TPSA) is 62.3 Å². The third-order valence-corrected chi connectivity index (χ3v) is 5.93. The highest BCUT2D eigenvalue weighted by Gasteiger charge is 2.27. The summed E-state index contributed by atoms with van der Waals surface area (Å²) >= 11 is 1.81. The second kappa shape index (κ2) is 6.58. The van der Waals surface area contributed by atoms with Crippen molar-refractivity contribution in [2.75, 3.05) is 36.5 Å². The zero-order valence-electron chi connectivity index (χ0n) is 11.0. The van der Waals surface area contributed by atoms with Gasteiger partial charge in [-0.15, -0.1) is 0 Å². The number of hydrogen-bond donors (Lipinski definition) is 1. The first-order valence-electron chi connectivity index (χ1n) is 6.42. The fraction of sp³-hybridized carbons (Fsp3) is 0.583. The lowest BCUT2D eigenvalue weighted by Crippen LogP contribution is -2.33. The third kappa shape index (κ3) is 3.40. The van der Waals surface area contributed by atoms with Crippen LogP contribution in [-0.4, -0.2) is 48.8 Å². The molecule has 0 saturated carbocycles. The molecule has 0 aromatic carbocycles. The number of anilines is 1. The Bertz CT molecular complexity index is 511. The van der Waals surface area contributed by atoms with Gasteiger partial charge in [-0.1, -0.05) is 0 Å². The minimum absolute atomic E-state index is 0.281. The molecule has 0 atom stereocenters. The maximum absolute atomic E-state index is 12.7. The van der Waals surface area contributed by atoms with E-state index in [-0.39, 0.29) is 4.90 Å². The van der Waals surface area contributed by atoms with E-state index in [4.69, 9.17) is 0 Å². The Morgan fingerprint density at radius 2 is 2.26 bits per heavy atom. The highest BCUT2D eigenvalue weighted by molar-refractivity contribution is 7.99. The summed E-state index contributed by atoms with van der Waals surface area (Å²) in [6.07, 6.45) is 3.95. The van der Waals surface area contributed by atoms with E-state index in [1.807, 2.05) is 18.7 Å². The molecule has 1 aromatic rings. The van der Waals surface area contributed by atoms with Crippen LogP contribution in [0.5, 0.6) is 0 Å². The Morgan fingerprint density at radius 1 is 1.42 bits per heavy atom. The van der Waals surface area contributed by atoms with Gasteiger partial charge in [-0.2, -0.15) is 16.1 Å². The average Bonchev–Trinajstić information content (AvgIpc) is 2.69. The second-order valence-corrected chi connectivity index (χ2v) is 7.40. The Morgan fingerprint density at radius 3 is 3.05 bits per heavy atom. The molecule has 0 bridgehead atoms. The molecule has 2 rings (SSSR count). The summed E-state index contributed by atoms with van der Waals surface area (Å²) in [6.45, 7) is 3.80. The van der Waals surface area contributed by atoms with Crippen LogP contribution in [0.25, 0.3) is 0 Å². The summed E-state index contributed by atoms with van der Waals surface area (Å²) in [5, 5.41) is 3.09. The van der Waals surface area contributed by atoms with Gasteiger partial charge in [-0.25, -0.2) is 8.42 Å². The molecular formula is C12H19N3O2S2. The Balaban J connectivity index is 2.32. The average molecular weight is 301 g/mol. The number of thioether (sulfide) groups is 1. The van der Waals surface area contributed by atoms with Crippen molar-refractivity contribution in [2.24, 2.45) is 0 Å². The fourth-order valence-corrected chi connectivity index (χ4v) is 4.62. The fourth-order valence-electron chi connectivity index (χ4n) is 2.02. The van der Waals surface area contributed by atoms with Crippen LogP contribution < -0.4 is 5.32 Å². The molecule has 0 unspecified atom stereocenters. The van der Waals surface area contributed by atoms with Crippen LogP contribution in [0.15, 0.2) is 23.4 Å². The highest BCUT2D eigenvalue weighted by atomic mass is 32.2. The van der Waals surface area contributed by atoms with Crippen LogP contribution in [0.3, 0.4) is 0 Å². The van der Waals surface area contributed by atoms with Gasteiger partial charge in [-0.3, -0.25) is 4.98 Å². The largest absolute Gasteiger partial charge is 0.384 e. The number of pyridine rings is 1. The van der Waals surface area contributed by atoms with E-state index >= 15 is 0 Å². The number of nitrogens with zero attached hydrogens (tertiary/aromatic N) is 2. The van der Waals surface area contributed by atoms with E-state index in [1.54, 1.807) is 16.6 Å². The molecule has 1 aromatic heterocycles. The lowest BCUT2D eigenvalue weighted by molar-refractivity contribution is 0.435. The van der Waals surface area contributed by atoms with Crippen LogP contribution in [-0.2, 0) is 10.0 Å². The van der Waals surface area contributed by atoms with E-state index in [2.05, 4.69) is 10.3 Å². The van der Waals surface area contributed by atoms with Gasteiger partial charge in [-0.05, 0) is 25.2 Å². The lowest BCUT2D eigenvalue weighted by Gasteiger charge is -2.21. The Hall–Kier alpha value is -0.790. The number of sulfonamides is 1. The zero-order valence-corrected chi connectivity index (χ0v) is 12.6. The predicted molar refractivity (Wildman–Crippen MR) is 79.1 cm³/mol. The molecular weight excluding hydrogens is 282 g/mol. The van der Waals surface area contributed by atoms with Crippen molar-refractivity contribution in [1.82, 2.24) is 9.29 Å². The first kappa shape index (κ1) is 14.6. The van der Waals surface area contributed by atoms with Gasteiger partial charge in [0.25, 0.3) is 0 Å². The van der Waals surface area contributed by atoms with Gasteiger partial charge in [0.15, 0.2) is 0 Å². The first-order chi connectivity index (χ1) is 9.16. The van der Waals surface area contributed by atoms with Crippen LogP contribution in [0, 0.1) is 0 Å². The van der Waals surface area contributed by atoms with Crippen LogP contribution in [0.4, 0.5) is 5.69 Å². The third-order valence-electron chi connectivity index (χ3n) is 2.95. The highest BCUT2D eigenvalue weighted by Crippen LogP contribution is 2.25. The maximum Gasteiger partial charge on any atom is 0.246 e. The van der Waals surface area contributed by atoms with Gasteiger partial charge in [0.2, 0.25) is 10.0 Å². The summed E-state index contributed by atoms with van der Waals surface area (Å²) in [5.41, 5.74) is 0.634. The Labute approximate surface area is 118 Å². The molecule has 1 N–H and O–H groups in total. The first-order valence-corrected chi connectivity index (χ1v) is 9.01. The van der Waals surface area contributed by atoms with Gasteiger partial charge < -0.3 is 5.32 Å². The van der Waals surface area contributed by atoms with E-state index in [0.717, 1.165) is 17.9 Å². The molecule has 0 radical (unpaired) electrons. The molecule has 0 aliphatic carbocycles. The quantitative estimate of drug-likeness (QED) is 0.916. The number of rotatable bonds is 4. The molecule has 0 spiro atoms. The molecule has 19 heavy (non-hydrogen) atoms. The van der Waals surface area contributed by atoms with Crippen molar-refractivity contribution in [2.45, 2.75) is 18.2 Å². The molecule has 106 valence electrons. The van der Waals surface area contributed by atoms with Crippen LogP contribution >= 0.6 is 11.8 Å². The monoisotopic (exact) mass is 301 g/mol. The summed E-state index contributed by atoms with van der Waals surface area (Å²) in [5.74, 6) is 1.88. The SMILES string of the molecule is CCNc1ccncc1S(=O)(=O)N1CCCSCC1. The van der Waals surface area contributed by atoms with Crippen molar-refractivity contribution < 1.29 is 8.42 Å². The molecule has 5 nitrogen and oxygen atoms in total. The molecule has 1 fully saturated rings. The van der Waals surface area contributed by atoms with Crippen molar-refractivity contribution in [1.29, 1.82) is 0 Å². The van der Waals surface area contributed by atoms with E-state index in [0.29, 0.717) is 25.3 Å². The normalized spacial score (nSPS) is 17.9. The van der Waals surface area contributed by atoms with Crippen molar-refractivity contribution in [3.63, 3.8) is 0 Å². The second-order valence-electron chi connectivity index (χ2n) is 4.27. The zero-order chi connectivity index (χ0) is 13.7. The van der Waals surface area contributed by atoms with E-state index in [9.17, 15) is 8.42 Å².